The normalized spacial score (nSPS) is 11.8. The van der Waals surface area contributed by atoms with Crippen molar-refractivity contribution in [1.82, 2.24) is 9.97 Å². The van der Waals surface area contributed by atoms with Gasteiger partial charge in [-0.15, -0.1) is 22.7 Å². The number of aromatic carboxylic acids is 1. The molecule has 4 aromatic rings. The summed E-state index contributed by atoms with van der Waals surface area (Å²) in [5.41, 5.74) is 2.65. The van der Waals surface area contributed by atoms with E-state index in [0.717, 1.165) is 38.7 Å². The number of thiazole rings is 1. The summed E-state index contributed by atoms with van der Waals surface area (Å²) in [6.07, 6.45) is 2.53. The number of carbonyl (C=O) groups is 1. The second-order valence-corrected chi connectivity index (χ2v) is 10.0. The molecule has 0 aliphatic carbocycles. The fraction of sp³-hybridized carbons (Fsp3) is 0.269. The van der Waals surface area contributed by atoms with Crippen LogP contribution in [0.15, 0.2) is 48.0 Å². The van der Waals surface area contributed by atoms with Crippen LogP contribution < -0.4 is 14.8 Å². The van der Waals surface area contributed by atoms with E-state index in [-0.39, 0.29) is 18.2 Å². The molecule has 1 aliphatic heterocycles. The van der Waals surface area contributed by atoms with Crippen LogP contribution in [0, 0.1) is 5.92 Å². The molecule has 1 aromatic carbocycles. The average molecular weight is 510 g/mol. The topological polar surface area (TPSA) is 93.6 Å². The summed E-state index contributed by atoms with van der Waals surface area (Å²) < 4.78 is 11.0. The maximum absolute atomic E-state index is 12.0. The minimum atomic E-state index is -1.04. The van der Waals surface area contributed by atoms with Crippen molar-refractivity contribution in [1.29, 1.82) is 0 Å². The molecule has 3 aromatic heterocycles. The van der Waals surface area contributed by atoms with Gasteiger partial charge in [0.2, 0.25) is 6.79 Å². The number of rotatable bonds is 7. The minimum Gasteiger partial charge on any atom is -0.478 e. The van der Waals surface area contributed by atoms with Gasteiger partial charge >= 0.3 is 5.97 Å². The fourth-order valence-corrected chi connectivity index (χ4v) is 5.49. The van der Waals surface area contributed by atoms with Gasteiger partial charge in [-0.3, -0.25) is 0 Å². The van der Waals surface area contributed by atoms with Gasteiger partial charge in [-0.1, -0.05) is 33.8 Å². The molecule has 0 unspecified atom stereocenters. The van der Waals surface area contributed by atoms with Crippen LogP contribution in [0.2, 0.25) is 0 Å². The zero-order valence-electron chi connectivity index (χ0n) is 20.0. The van der Waals surface area contributed by atoms with Crippen LogP contribution in [0.4, 0.5) is 10.9 Å². The lowest BCUT2D eigenvalue weighted by atomic mass is 10.0. The van der Waals surface area contributed by atoms with Crippen molar-refractivity contribution in [2.24, 2.45) is 5.92 Å². The summed E-state index contributed by atoms with van der Waals surface area (Å²) in [5.74, 6) is 1.08. The molecule has 5 rings (SSSR count). The smallest absolute Gasteiger partial charge is 0.339 e. The van der Waals surface area contributed by atoms with Crippen molar-refractivity contribution in [3.63, 3.8) is 0 Å². The van der Waals surface area contributed by atoms with E-state index < -0.39 is 5.97 Å². The van der Waals surface area contributed by atoms with Crippen molar-refractivity contribution in [2.45, 2.75) is 34.1 Å². The molecule has 0 saturated heterocycles. The molecule has 1 aliphatic rings. The number of nitrogens with one attached hydrogen (secondary N) is 1. The number of aromatic nitrogens is 2. The third-order valence-corrected chi connectivity index (χ3v) is 7.00. The molecule has 0 spiro atoms. The molecule has 0 bridgehead atoms. The van der Waals surface area contributed by atoms with Crippen molar-refractivity contribution >= 4 is 39.6 Å². The lowest BCUT2D eigenvalue weighted by Crippen LogP contribution is -2.05. The number of hydrogen-bond acceptors (Lipinski definition) is 8. The summed E-state index contributed by atoms with van der Waals surface area (Å²) in [6, 6.07) is 11.3. The Labute approximate surface area is 212 Å². The van der Waals surface area contributed by atoms with Crippen LogP contribution in [-0.2, 0) is 6.42 Å². The molecule has 0 saturated carbocycles. The molecule has 0 radical (unpaired) electrons. The molecule has 7 nitrogen and oxygen atoms in total. The number of fused-ring (bicyclic) bond motifs is 1. The van der Waals surface area contributed by atoms with E-state index in [1.807, 2.05) is 49.6 Å². The highest BCUT2D eigenvalue weighted by atomic mass is 32.1. The van der Waals surface area contributed by atoms with Gasteiger partial charge in [-0.05, 0) is 48.1 Å². The van der Waals surface area contributed by atoms with E-state index in [2.05, 4.69) is 24.1 Å². The first-order valence-electron chi connectivity index (χ1n) is 11.4. The van der Waals surface area contributed by atoms with Crippen molar-refractivity contribution in [3.8, 4) is 33.2 Å². The van der Waals surface area contributed by atoms with Crippen LogP contribution in [0.5, 0.6) is 11.5 Å². The molecule has 0 atom stereocenters. The summed E-state index contributed by atoms with van der Waals surface area (Å²) in [5, 5.41) is 15.5. The Kier molecular flexibility index (Phi) is 7.67. The van der Waals surface area contributed by atoms with E-state index in [0.29, 0.717) is 16.8 Å². The highest BCUT2D eigenvalue weighted by molar-refractivity contribution is 7.16. The van der Waals surface area contributed by atoms with Crippen LogP contribution in [0.25, 0.3) is 21.7 Å². The molecule has 0 fully saturated rings. The van der Waals surface area contributed by atoms with Crippen molar-refractivity contribution < 1.29 is 19.4 Å². The van der Waals surface area contributed by atoms with E-state index in [1.165, 1.54) is 11.3 Å². The third-order valence-electron chi connectivity index (χ3n) is 5.09. The number of carboxylic acids is 1. The number of thiophene rings is 1. The average Bonchev–Trinajstić information content (AvgIpc) is 3.61. The molecular formula is C26H27N3O4S2. The molecule has 35 heavy (non-hydrogen) atoms. The largest absolute Gasteiger partial charge is 0.478 e. The van der Waals surface area contributed by atoms with Gasteiger partial charge in [0.05, 0.1) is 5.69 Å². The van der Waals surface area contributed by atoms with E-state index >= 15 is 0 Å². The summed E-state index contributed by atoms with van der Waals surface area (Å²) >= 11 is 3.05. The van der Waals surface area contributed by atoms with Gasteiger partial charge < -0.3 is 19.9 Å². The second-order valence-electron chi connectivity index (χ2n) is 7.98. The minimum absolute atomic E-state index is 0.103. The Bertz CT molecular complexity index is 1320. The Morgan fingerprint density at radius 1 is 1.14 bits per heavy atom. The second kappa shape index (κ2) is 10.9. The van der Waals surface area contributed by atoms with Gasteiger partial charge in [0.15, 0.2) is 16.6 Å². The first-order valence-corrected chi connectivity index (χ1v) is 13.1. The molecule has 0 amide bonds. The zero-order chi connectivity index (χ0) is 24.9. The van der Waals surface area contributed by atoms with E-state index in [1.54, 1.807) is 23.6 Å². The van der Waals surface area contributed by atoms with Crippen LogP contribution in [-0.4, -0.2) is 27.8 Å². The van der Waals surface area contributed by atoms with Gasteiger partial charge in [-0.25, -0.2) is 14.8 Å². The van der Waals surface area contributed by atoms with Crippen molar-refractivity contribution in [3.05, 3.63) is 58.4 Å². The third kappa shape index (κ3) is 5.47. The number of carboxylic acid groups (broad SMARTS) is 1. The quantitative estimate of drug-likeness (QED) is 0.269. The number of anilines is 2. The first kappa shape index (κ1) is 24.7. The van der Waals surface area contributed by atoms with Gasteiger partial charge in [0.25, 0.3) is 0 Å². The first-order chi connectivity index (χ1) is 17.0. The SMILES string of the molecule is CC.CC(C)Cc1sc(Nc2ncc(-c3cccs3)cc2C(=O)O)nc1-c1ccc2c(c1)OCO2. The molecular weight excluding hydrogens is 482 g/mol. The number of ether oxygens (including phenoxy) is 2. The number of hydrogen-bond donors (Lipinski definition) is 2. The molecule has 2 N–H and O–H groups in total. The number of benzene rings is 1. The molecule has 9 heteroatoms. The van der Waals surface area contributed by atoms with Gasteiger partial charge in [0, 0.05) is 27.1 Å². The summed E-state index contributed by atoms with van der Waals surface area (Å²) in [4.78, 5) is 23.3. The van der Waals surface area contributed by atoms with Crippen LogP contribution >= 0.6 is 22.7 Å². The summed E-state index contributed by atoms with van der Waals surface area (Å²) in [6.45, 7) is 8.53. The highest BCUT2D eigenvalue weighted by Gasteiger charge is 2.21. The maximum Gasteiger partial charge on any atom is 0.339 e. The Hall–Kier alpha value is -3.43. The van der Waals surface area contributed by atoms with Crippen LogP contribution in [0.3, 0.4) is 0 Å². The monoisotopic (exact) mass is 509 g/mol. The Morgan fingerprint density at radius 2 is 1.94 bits per heavy atom. The Balaban J connectivity index is 0.00000141. The predicted octanol–water partition coefficient (Wildman–Crippen LogP) is 7.33. The lowest BCUT2D eigenvalue weighted by molar-refractivity contribution is 0.0697. The molecule has 4 heterocycles. The lowest BCUT2D eigenvalue weighted by Gasteiger charge is -2.07. The van der Waals surface area contributed by atoms with Gasteiger partial charge in [-0.2, -0.15) is 0 Å². The van der Waals surface area contributed by atoms with E-state index in [4.69, 9.17) is 14.5 Å². The van der Waals surface area contributed by atoms with Crippen LogP contribution in [0.1, 0.15) is 42.9 Å². The summed E-state index contributed by atoms with van der Waals surface area (Å²) in [7, 11) is 0. The fourth-order valence-electron chi connectivity index (χ4n) is 3.59. The highest BCUT2D eigenvalue weighted by Crippen LogP contribution is 2.40. The van der Waals surface area contributed by atoms with Crippen molar-refractivity contribution in [2.75, 3.05) is 12.1 Å². The molecule has 182 valence electrons. The number of nitrogens with zero attached hydrogens (tertiary/aromatic N) is 2. The Morgan fingerprint density at radius 3 is 2.66 bits per heavy atom. The van der Waals surface area contributed by atoms with E-state index in [9.17, 15) is 9.90 Å². The predicted molar refractivity (Wildman–Crippen MR) is 141 cm³/mol. The zero-order valence-corrected chi connectivity index (χ0v) is 21.6. The van der Waals surface area contributed by atoms with Gasteiger partial charge in [0.1, 0.15) is 11.4 Å². The number of pyridine rings is 1. The maximum atomic E-state index is 12.0. The standard InChI is InChI=1S/C24H21N3O4S2.C2H6/c1-13(2)8-20-21(14-5-6-17-18(10-14)31-12-30-17)26-24(33-20)27-22-16(23(28)29)9-15(11-25-22)19-4-3-7-32-19;1-2/h3-7,9-11,13H,8,12H2,1-2H3,(H,28,29)(H,25,26,27);1-2H3.